The number of nitrogens with one attached hydrogen (secondary N) is 2. The van der Waals surface area contributed by atoms with Crippen molar-refractivity contribution >= 4 is 55.2 Å². The number of imidazole rings is 1. The number of nitrogens with zero attached hydrogens (tertiary/aromatic N) is 5. The van der Waals surface area contributed by atoms with Crippen LogP contribution in [0.2, 0.25) is 28.2 Å². The Morgan fingerprint density at radius 1 is 0.986 bits per heavy atom. The first kappa shape index (κ1) is 57.8. The molecule has 5 rings (SSSR count). The molecular formula is C51H67Cl2F4N7O7Si. The molecule has 1 aliphatic heterocycles. The van der Waals surface area contributed by atoms with Crippen LogP contribution in [0.4, 0.5) is 17.6 Å². The number of aliphatic carboxylic acids is 1. The van der Waals surface area contributed by atoms with Gasteiger partial charge in [0.05, 0.1) is 55.4 Å². The van der Waals surface area contributed by atoms with Crippen molar-refractivity contribution in [3.8, 4) is 22.8 Å². The van der Waals surface area contributed by atoms with Crippen LogP contribution in [-0.2, 0) is 50.2 Å². The number of likely N-dealkylation sites (N-methyl/N-ethyl adjacent to an activating group) is 1. The van der Waals surface area contributed by atoms with E-state index in [1.165, 1.54) is 22.9 Å². The third-order valence-electron chi connectivity index (χ3n) is 13.7. The zero-order valence-electron chi connectivity index (χ0n) is 42.6. The van der Waals surface area contributed by atoms with Crippen molar-refractivity contribution in [2.24, 2.45) is 13.0 Å². The van der Waals surface area contributed by atoms with Crippen LogP contribution in [0, 0.1) is 11.7 Å². The molecule has 3 aromatic carbocycles. The lowest BCUT2D eigenvalue weighted by Crippen LogP contribution is -2.65. The molecule has 4 unspecified atom stereocenters. The van der Waals surface area contributed by atoms with Crippen LogP contribution < -0.4 is 15.4 Å². The Kier molecular flexibility index (Phi) is 19.2. The number of carbonyl (C=O) groups excluding carboxylic acids is 3. The summed E-state index contributed by atoms with van der Waals surface area (Å²) in [6, 6.07) is 14.3. The molecule has 394 valence electrons. The van der Waals surface area contributed by atoms with Crippen LogP contribution in [0.3, 0.4) is 0 Å². The van der Waals surface area contributed by atoms with E-state index in [1.54, 1.807) is 49.5 Å². The Hall–Kier alpha value is -5.05. The first-order chi connectivity index (χ1) is 33.5. The molecule has 0 bridgehead atoms. The van der Waals surface area contributed by atoms with E-state index in [-0.39, 0.29) is 60.5 Å². The van der Waals surface area contributed by atoms with E-state index in [2.05, 4.69) is 15.6 Å². The summed E-state index contributed by atoms with van der Waals surface area (Å²) in [6.07, 6.45) is -4.98. The maximum atomic E-state index is 15.8. The molecular weight excluding hydrogens is 998 g/mol. The highest BCUT2D eigenvalue weighted by molar-refractivity contribution is 6.74. The topological polar surface area (TPSA) is 159 Å². The number of rotatable bonds is 21. The third-order valence-corrected chi connectivity index (χ3v) is 18.6. The first-order valence-corrected chi connectivity index (χ1v) is 27.3. The van der Waals surface area contributed by atoms with E-state index >= 15 is 9.18 Å². The van der Waals surface area contributed by atoms with Gasteiger partial charge in [0.25, 0.3) is 0 Å². The number of hydrogen-bond donors (Lipinski definition) is 3. The van der Waals surface area contributed by atoms with Gasteiger partial charge < -0.3 is 44.2 Å². The normalized spacial score (nSPS) is 16.8. The fourth-order valence-electron chi connectivity index (χ4n) is 8.42. The third kappa shape index (κ3) is 15.3. The molecule has 4 aromatic rings. The van der Waals surface area contributed by atoms with E-state index in [4.69, 9.17) is 32.4 Å². The Morgan fingerprint density at radius 2 is 1.64 bits per heavy atom. The SMILES string of the molecule is CC(NCc1c(F)cc(Cl)cc1Oc1ccc(-c2cnc(CN(C)C)n2C)cc1)C(=O)NC(CO[Si](C)(C)C(C)(C)C)C(=O)N(C)C1(Cc2ccc(Cl)cc2)CCCN(C(=O)C(CC(=O)O)CC(F)(F)F)C1. The second-order valence-electron chi connectivity index (χ2n) is 20.5. The van der Waals surface area contributed by atoms with E-state index in [0.29, 0.717) is 29.3 Å². The molecule has 1 saturated heterocycles. The second kappa shape index (κ2) is 23.9. The lowest BCUT2D eigenvalue weighted by atomic mass is 9.80. The summed E-state index contributed by atoms with van der Waals surface area (Å²) < 4.78 is 71.6. The average Bonchev–Trinajstić information content (AvgIpc) is 3.64. The number of amides is 3. The highest BCUT2D eigenvalue weighted by Crippen LogP contribution is 2.38. The molecule has 1 fully saturated rings. The van der Waals surface area contributed by atoms with Gasteiger partial charge in [0.2, 0.25) is 17.7 Å². The number of aromatic nitrogens is 2. The minimum atomic E-state index is -4.81. The molecule has 4 atom stereocenters. The summed E-state index contributed by atoms with van der Waals surface area (Å²) >= 11 is 12.5. The maximum Gasteiger partial charge on any atom is 0.389 e. The Morgan fingerprint density at radius 3 is 2.24 bits per heavy atom. The number of likely N-dealkylation sites (tertiary alicyclic amines) is 1. The number of alkyl halides is 3. The summed E-state index contributed by atoms with van der Waals surface area (Å²) in [5, 5.41) is 15.6. The molecule has 3 N–H and O–H groups in total. The molecule has 3 amide bonds. The summed E-state index contributed by atoms with van der Waals surface area (Å²) in [5.41, 5.74) is 1.32. The Balaban J connectivity index is 1.40. The van der Waals surface area contributed by atoms with Gasteiger partial charge in [-0.25, -0.2) is 9.37 Å². The number of carbonyl (C=O) groups is 4. The van der Waals surface area contributed by atoms with Crippen molar-refractivity contribution in [3.63, 3.8) is 0 Å². The molecule has 21 heteroatoms. The van der Waals surface area contributed by atoms with Crippen LogP contribution in [0.25, 0.3) is 11.3 Å². The van der Waals surface area contributed by atoms with Crippen LogP contribution in [-0.4, -0.2) is 126 Å². The minimum absolute atomic E-state index is 0.0343. The summed E-state index contributed by atoms with van der Waals surface area (Å²) in [7, 11) is 4.81. The molecule has 1 aliphatic rings. The van der Waals surface area contributed by atoms with Crippen molar-refractivity contribution in [2.45, 2.75) is 115 Å². The average molecular weight is 1070 g/mol. The molecule has 0 saturated carbocycles. The summed E-state index contributed by atoms with van der Waals surface area (Å²) in [6.45, 7) is 11.6. The molecule has 0 spiro atoms. The van der Waals surface area contributed by atoms with Gasteiger partial charge in [0.1, 0.15) is 29.2 Å². The fraction of sp³-hybridized carbons (Fsp3) is 0.510. The van der Waals surface area contributed by atoms with Gasteiger partial charge in [-0.15, -0.1) is 0 Å². The van der Waals surface area contributed by atoms with Crippen LogP contribution in [0.1, 0.15) is 70.3 Å². The van der Waals surface area contributed by atoms with Gasteiger partial charge in [0.15, 0.2) is 8.32 Å². The lowest BCUT2D eigenvalue weighted by Gasteiger charge is -2.50. The highest BCUT2D eigenvalue weighted by atomic mass is 35.5. The maximum absolute atomic E-state index is 15.8. The molecule has 14 nitrogen and oxygen atoms in total. The number of ether oxygens (including phenoxy) is 1. The highest BCUT2D eigenvalue weighted by Gasteiger charge is 2.47. The molecule has 0 aliphatic carbocycles. The summed E-state index contributed by atoms with van der Waals surface area (Å²) in [5.74, 6) is -4.94. The van der Waals surface area contributed by atoms with E-state index < -0.39 is 80.4 Å². The van der Waals surface area contributed by atoms with Crippen molar-refractivity contribution in [3.05, 3.63) is 99.7 Å². The van der Waals surface area contributed by atoms with E-state index in [9.17, 15) is 32.7 Å². The van der Waals surface area contributed by atoms with Crippen LogP contribution in [0.15, 0.2) is 66.9 Å². The number of hydrogen-bond acceptors (Lipinski definition) is 9. The number of benzene rings is 3. The van der Waals surface area contributed by atoms with E-state index in [1.807, 2.05) is 76.6 Å². The van der Waals surface area contributed by atoms with Gasteiger partial charge in [-0.3, -0.25) is 19.2 Å². The largest absolute Gasteiger partial charge is 0.481 e. The Bertz CT molecular complexity index is 2540. The molecule has 2 heterocycles. The predicted molar refractivity (Wildman–Crippen MR) is 272 cm³/mol. The smallest absolute Gasteiger partial charge is 0.389 e. The number of carboxylic acid groups (broad SMARTS) is 1. The molecule has 72 heavy (non-hydrogen) atoms. The standard InChI is InChI=1S/C51H67Cl2F4N7O7Si/c1-32(58-27-39-40(54)23-37(53)24-43(39)71-38-18-14-34(15-19-38)42-28-59-44(62(42)7)29-61(5)6)46(67)60-41(30-70-72(9,10)49(2,3)4)48(69)63(8)50(25-33-12-16-36(52)17-13-33)20-11-21-64(31-50)47(68)35(22-45(65)66)26-51(55,56)57/h12-19,23-24,28,32,35,41,58H,11,20-22,25-27,29-31H2,1-10H3,(H,60,67)(H,65,66). The quantitative estimate of drug-likeness (QED) is 0.0542. The van der Waals surface area contributed by atoms with Crippen molar-refractivity contribution in [2.75, 3.05) is 40.8 Å². The van der Waals surface area contributed by atoms with Crippen molar-refractivity contribution in [1.29, 1.82) is 0 Å². The van der Waals surface area contributed by atoms with E-state index in [0.717, 1.165) is 23.1 Å². The zero-order valence-corrected chi connectivity index (χ0v) is 45.1. The predicted octanol–water partition coefficient (Wildman–Crippen LogP) is 9.48. The van der Waals surface area contributed by atoms with Crippen molar-refractivity contribution in [1.82, 2.24) is 34.9 Å². The van der Waals surface area contributed by atoms with Gasteiger partial charge >= 0.3 is 12.1 Å². The first-order valence-electron chi connectivity index (χ1n) is 23.7. The zero-order chi connectivity index (χ0) is 53.5. The van der Waals surface area contributed by atoms with Gasteiger partial charge in [-0.2, -0.15) is 13.2 Å². The van der Waals surface area contributed by atoms with Gasteiger partial charge in [-0.05, 0) is 113 Å². The van der Waals surface area contributed by atoms with Crippen molar-refractivity contribution < 1.29 is 51.0 Å². The fourth-order valence-corrected chi connectivity index (χ4v) is 9.76. The number of piperidine rings is 1. The van der Waals surface area contributed by atoms with Gasteiger partial charge in [0, 0.05) is 54.9 Å². The summed E-state index contributed by atoms with van der Waals surface area (Å²) in [4.78, 5) is 64.1. The number of halogens is 6. The van der Waals surface area contributed by atoms with Crippen LogP contribution in [0.5, 0.6) is 11.5 Å². The Labute approximate surface area is 430 Å². The van der Waals surface area contributed by atoms with Crippen LogP contribution >= 0.6 is 23.2 Å². The van der Waals surface area contributed by atoms with Gasteiger partial charge in [-0.1, -0.05) is 56.1 Å². The second-order valence-corrected chi connectivity index (χ2v) is 26.2. The lowest BCUT2D eigenvalue weighted by molar-refractivity contribution is -0.166. The monoisotopic (exact) mass is 1060 g/mol. The number of carboxylic acids is 1. The minimum Gasteiger partial charge on any atom is -0.481 e. The molecule has 1 aromatic heterocycles. The molecule has 0 radical (unpaired) electrons.